The van der Waals surface area contributed by atoms with Crippen molar-refractivity contribution in [1.82, 2.24) is 10.1 Å². The third kappa shape index (κ3) is 3.25. The van der Waals surface area contributed by atoms with Crippen molar-refractivity contribution < 1.29 is 19.2 Å². The number of hydrogen-bond donors (Lipinski definition) is 1. The molecule has 6 heteroatoms. The van der Waals surface area contributed by atoms with E-state index < -0.39 is 12.0 Å². The van der Waals surface area contributed by atoms with E-state index in [-0.39, 0.29) is 12.3 Å². The van der Waals surface area contributed by atoms with Crippen LogP contribution in [0.15, 0.2) is 4.52 Å². The molecule has 1 N–H and O–H groups in total. The van der Waals surface area contributed by atoms with E-state index in [1.54, 1.807) is 0 Å². The number of hydrogen-bond acceptors (Lipinski definition) is 4. The molecule has 0 aromatic carbocycles. The van der Waals surface area contributed by atoms with Gasteiger partial charge in [-0.15, -0.1) is 0 Å². The zero-order valence-electron chi connectivity index (χ0n) is 12.6. The number of aromatic nitrogens is 1. The number of likely N-dealkylation sites (tertiary alicyclic amines) is 1. The van der Waals surface area contributed by atoms with Crippen LogP contribution >= 0.6 is 0 Å². The Balaban J connectivity index is 2.16. The van der Waals surface area contributed by atoms with E-state index >= 15 is 0 Å². The second-order valence-corrected chi connectivity index (χ2v) is 5.35. The Hall–Kier alpha value is -1.85. The molecule has 1 atom stereocenters. The van der Waals surface area contributed by atoms with Crippen LogP contribution in [0.5, 0.6) is 0 Å². The minimum Gasteiger partial charge on any atom is -0.480 e. The zero-order chi connectivity index (χ0) is 15.4. The van der Waals surface area contributed by atoms with Crippen LogP contribution < -0.4 is 0 Å². The van der Waals surface area contributed by atoms with Gasteiger partial charge in [-0.2, -0.15) is 0 Å². The molecule has 0 saturated carbocycles. The smallest absolute Gasteiger partial charge is 0.326 e. The first-order valence-electron chi connectivity index (χ1n) is 7.57. The van der Waals surface area contributed by atoms with Crippen molar-refractivity contribution in [3.05, 3.63) is 17.0 Å². The van der Waals surface area contributed by atoms with Gasteiger partial charge in [0.2, 0.25) is 5.91 Å². The van der Waals surface area contributed by atoms with Crippen LogP contribution in [-0.4, -0.2) is 39.6 Å². The highest BCUT2D eigenvalue weighted by Crippen LogP contribution is 2.21. The number of nitrogens with zero attached hydrogens (tertiary/aromatic N) is 2. The average Bonchev–Trinajstić information content (AvgIpc) is 2.88. The minimum atomic E-state index is -0.917. The van der Waals surface area contributed by atoms with Crippen LogP contribution in [0.1, 0.15) is 50.1 Å². The molecular weight excluding hydrogens is 272 g/mol. The lowest BCUT2D eigenvalue weighted by Crippen LogP contribution is -2.48. The number of aryl methyl sites for hydroxylation is 2. The van der Waals surface area contributed by atoms with Crippen molar-refractivity contribution in [2.24, 2.45) is 0 Å². The van der Waals surface area contributed by atoms with Crippen LogP contribution in [0.25, 0.3) is 0 Å². The molecule has 0 bridgehead atoms. The third-order valence-electron chi connectivity index (χ3n) is 4.04. The molecule has 0 radical (unpaired) electrons. The Morgan fingerprint density at radius 3 is 2.71 bits per heavy atom. The molecule has 2 rings (SSSR count). The molecule has 1 aliphatic heterocycles. The Morgan fingerprint density at radius 2 is 2.10 bits per heavy atom. The topological polar surface area (TPSA) is 83.6 Å². The van der Waals surface area contributed by atoms with Gasteiger partial charge in [-0.3, -0.25) is 4.79 Å². The quantitative estimate of drug-likeness (QED) is 0.895. The number of aliphatic carboxylic acids is 1. The van der Waals surface area contributed by atoms with Gasteiger partial charge in [-0.25, -0.2) is 4.79 Å². The van der Waals surface area contributed by atoms with Crippen LogP contribution in [0.2, 0.25) is 0 Å². The number of amides is 1. The number of carbonyl (C=O) groups excluding carboxylic acids is 1. The van der Waals surface area contributed by atoms with E-state index in [9.17, 15) is 14.7 Å². The summed E-state index contributed by atoms with van der Waals surface area (Å²) in [6, 6.07) is -0.693. The molecule has 1 saturated heterocycles. The molecule has 2 heterocycles. The summed E-state index contributed by atoms with van der Waals surface area (Å²) in [5.74, 6) is -0.335. The number of carboxylic acids is 1. The van der Waals surface area contributed by atoms with E-state index in [1.165, 1.54) is 4.90 Å². The van der Waals surface area contributed by atoms with Gasteiger partial charge in [0, 0.05) is 18.5 Å². The normalized spacial score (nSPS) is 18.8. The minimum absolute atomic E-state index is 0.144. The van der Waals surface area contributed by atoms with Gasteiger partial charge < -0.3 is 14.5 Å². The Labute approximate surface area is 124 Å². The van der Waals surface area contributed by atoms with Crippen LogP contribution in [0.4, 0.5) is 0 Å². The van der Waals surface area contributed by atoms with Gasteiger partial charge in [-0.05, 0) is 25.7 Å². The monoisotopic (exact) mass is 294 g/mol. The molecule has 0 spiro atoms. The molecule has 6 nitrogen and oxygen atoms in total. The van der Waals surface area contributed by atoms with Gasteiger partial charge in [0.05, 0.1) is 12.1 Å². The second-order valence-electron chi connectivity index (χ2n) is 5.35. The Kier molecular flexibility index (Phi) is 4.98. The summed E-state index contributed by atoms with van der Waals surface area (Å²) in [5, 5.41) is 13.3. The van der Waals surface area contributed by atoms with Crippen LogP contribution in [-0.2, 0) is 28.9 Å². The molecule has 0 unspecified atom stereocenters. The fourth-order valence-electron chi connectivity index (χ4n) is 2.88. The largest absolute Gasteiger partial charge is 0.480 e. The molecule has 21 heavy (non-hydrogen) atoms. The van der Waals surface area contributed by atoms with Crippen molar-refractivity contribution in [1.29, 1.82) is 0 Å². The van der Waals surface area contributed by atoms with Crippen molar-refractivity contribution in [3.8, 4) is 0 Å². The first kappa shape index (κ1) is 15.5. The van der Waals surface area contributed by atoms with Crippen LogP contribution in [0.3, 0.4) is 0 Å². The third-order valence-corrected chi connectivity index (χ3v) is 4.04. The molecule has 1 aromatic rings. The average molecular weight is 294 g/mol. The van der Waals surface area contributed by atoms with Crippen molar-refractivity contribution in [2.75, 3.05) is 6.54 Å². The summed E-state index contributed by atoms with van der Waals surface area (Å²) in [7, 11) is 0. The predicted molar refractivity (Wildman–Crippen MR) is 76.0 cm³/mol. The fraction of sp³-hybridized carbons (Fsp3) is 0.667. The molecule has 116 valence electrons. The zero-order valence-corrected chi connectivity index (χ0v) is 12.6. The highest BCUT2D eigenvalue weighted by molar-refractivity contribution is 5.85. The van der Waals surface area contributed by atoms with Gasteiger partial charge in [0.25, 0.3) is 0 Å². The SMILES string of the molecule is CCc1noc(CC)c1CC(=O)N1CCCC[C@@H]1C(=O)O. The van der Waals surface area contributed by atoms with Gasteiger partial charge in [0.15, 0.2) is 0 Å². The van der Waals surface area contributed by atoms with Gasteiger partial charge in [0.1, 0.15) is 11.8 Å². The lowest BCUT2D eigenvalue weighted by atomic mass is 10.00. The lowest BCUT2D eigenvalue weighted by Gasteiger charge is -2.33. The molecule has 1 aromatic heterocycles. The molecule has 1 amide bonds. The summed E-state index contributed by atoms with van der Waals surface area (Å²) < 4.78 is 5.26. The van der Waals surface area contributed by atoms with Gasteiger partial charge >= 0.3 is 5.97 Å². The first-order valence-corrected chi connectivity index (χ1v) is 7.57. The molecule has 1 aliphatic rings. The Bertz CT molecular complexity index is 502. The van der Waals surface area contributed by atoms with Crippen LogP contribution in [0, 0.1) is 0 Å². The Morgan fingerprint density at radius 1 is 1.33 bits per heavy atom. The summed E-state index contributed by atoms with van der Waals surface area (Å²) in [6.45, 7) is 4.44. The van der Waals surface area contributed by atoms with Crippen molar-refractivity contribution >= 4 is 11.9 Å². The maximum absolute atomic E-state index is 12.5. The number of carbonyl (C=O) groups is 2. The predicted octanol–water partition coefficient (Wildman–Crippen LogP) is 1.81. The van der Waals surface area contributed by atoms with E-state index in [4.69, 9.17) is 4.52 Å². The number of piperidine rings is 1. The summed E-state index contributed by atoms with van der Waals surface area (Å²) >= 11 is 0. The highest BCUT2D eigenvalue weighted by atomic mass is 16.5. The standard InChI is InChI=1S/C15H22N2O4/c1-3-11-10(13(4-2)21-16-11)9-14(18)17-8-6-5-7-12(17)15(19)20/h12H,3-9H2,1-2H3,(H,19,20)/t12-/m1/s1. The van der Waals surface area contributed by atoms with E-state index in [2.05, 4.69) is 5.16 Å². The number of rotatable bonds is 5. The molecule has 0 aliphatic carbocycles. The summed E-state index contributed by atoms with van der Waals surface area (Å²) in [5.41, 5.74) is 1.63. The summed E-state index contributed by atoms with van der Waals surface area (Å²) in [6.07, 6.45) is 3.81. The summed E-state index contributed by atoms with van der Waals surface area (Å²) in [4.78, 5) is 25.3. The highest BCUT2D eigenvalue weighted by Gasteiger charge is 2.32. The lowest BCUT2D eigenvalue weighted by molar-refractivity contribution is -0.151. The van der Waals surface area contributed by atoms with E-state index in [0.717, 1.165) is 29.9 Å². The van der Waals surface area contributed by atoms with Crippen molar-refractivity contribution in [2.45, 2.75) is 58.4 Å². The van der Waals surface area contributed by atoms with E-state index in [0.29, 0.717) is 25.8 Å². The maximum atomic E-state index is 12.5. The first-order chi connectivity index (χ1) is 10.1. The fourth-order valence-corrected chi connectivity index (χ4v) is 2.88. The maximum Gasteiger partial charge on any atom is 0.326 e. The molecule has 1 fully saturated rings. The number of carboxylic acid groups (broad SMARTS) is 1. The molecular formula is C15H22N2O4. The van der Waals surface area contributed by atoms with E-state index in [1.807, 2.05) is 13.8 Å². The second kappa shape index (κ2) is 6.74. The van der Waals surface area contributed by atoms with Gasteiger partial charge in [-0.1, -0.05) is 19.0 Å². The van der Waals surface area contributed by atoms with Crippen molar-refractivity contribution in [3.63, 3.8) is 0 Å².